The van der Waals surface area contributed by atoms with Crippen LogP contribution >= 0.6 is 0 Å². The highest BCUT2D eigenvalue weighted by molar-refractivity contribution is 5.86. The molecule has 0 aliphatic rings. The molecule has 21 heavy (non-hydrogen) atoms. The maximum atomic E-state index is 5.55. The SMILES string of the molecule is CCCNCc1nnc(Nc2ccc3ccccc3c2)o1. The maximum Gasteiger partial charge on any atom is 0.320 e. The van der Waals surface area contributed by atoms with Crippen LogP contribution in [-0.4, -0.2) is 16.7 Å². The summed E-state index contributed by atoms with van der Waals surface area (Å²) >= 11 is 0. The Kier molecular flexibility index (Phi) is 4.12. The molecular formula is C16H18N4O. The van der Waals surface area contributed by atoms with E-state index in [1.165, 1.54) is 10.8 Å². The minimum Gasteiger partial charge on any atom is -0.406 e. The lowest BCUT2D eigenvalue weighted by Crippen LogP contribution is -2.13. The molecular weight excluding hydrogens is 264 g/mol. The third-order valence-electron chi connectivity index (χ3n) is 3.17. The van der Waals surface area contributed by atoms with Crippen molar-refractivity contribution >= 4 is 22.5 Å². The Hall–Kier alpha value is -2.40. The first-order valence-electron chi connectivity index (χ1n) is 7.14. The van der Waals surface area contributed by atoms with Gasteiger partial charge in [0.1, 0.15) is 0 Å². The maximum absolute atomic E-state index is 5.55. The van der Waals surface area contributed by atoms with Gasteiger partial charge in [-0.15, -0.1) is 5.10 Å². The summed E-state index contributed by atoms with van der Waals surface area (Å²) in [4.78, 5) is 0. The first-order valence-corrected chi connectivity index (χ1v) is 7.14. The average molecular weight is 282 g/mol. The van der Waals surface area contributed by atoms with Crippen molar-refractivity contribution in [2.75, 3.05) is 11.9 Å². The molecule has 0 unspecified atom stereocenters. The van der Waals surface area contributed by atoms with E-state index >= 15 is 0 Å². The molecule has 0 bridgehead atoms. The van der Waals surface area contributed by atoms with Gasteiger partial charge in [-0.25, -0.2) is 0 Å². The standard InChI is InChI=1S/C16H18N4O/c1-2-9-17-11-15-19-20-16(21-15)18-14-8-7-12-5-3-4-6-13(12)10-14/h3-8,10,17H,2,9,11H2,1H3,(H,18,20). The van der Waals surface area contributed by atoms with Crippen molar-refractivity contribution in [3.8, 4) is 0 Å². The summed E-state index contributed by atoms with van der Waals surface area (Å²) in [6.45, 7) is 3.66. The van der Waals surface area contributed by atoms with Crippen molar-refractivity contribution in [3.63, 3.8) is 0 Å². The van der Waals surface area contributed by atoms with E-state index in [1.807, 2.05) is 18.2 Å². The van der Waals surface area contributed by atoms with Crippen LogP contribution in [0.5, 0.6) is 0 Å². The Bertz CT molecular complexity index is 723. The highest BCUT2D eigenvalue weighted by atomic mass is 16.4. The molecule has 0 spiro atoms. The smallest absolute Gasteiger partial charge is 0.320 e. The number of fused-ring (bicyclic) bond motifs is 1. The van der Waals surface area contributed by atoms with Gasteiger partial charge in [-0.05, 0) is 35.9 Å². The van der Waals surface area contributed by atoms with Crippen LogP contribution in [0.3, 0.4) is 0 Å². The quantitative estimate of drug-likeness (QED) is 0.678. The second-order valence-electron chi connectivity index (χ2n) is 4.86. The number of hydrogen-bond donors (Lipinski definition) is 2. The van der Waals surface area contributed by atoms with Gasteiger partial charge in [-0.2, -0.15) is 0 Å². The summed E-state index contributed by atoms with van der Waals surface area (Å²) in [6, 6.07) is 14.8. The third-order valence-corrected chi connectivity index (χ3v) is 3.17. The van der Waals surface area contributed by atoms with Gasteiger partial charge in [-0.1, -0.05) is 42.4 Å². The minimum atomic E-state index is 0.415. The fourth-order valence-electron chi connectivity index (χ4n) is 2.14. The summed E-state index contributed by atoms with van der Waals surface area (Å²) < 4.78 is 5.55. The summed E-state index contributed by atoms with van der Waals surface area (Å²) in [6.07, 6.45) is 1.08. The van der Waals surface area contributed by atoms with E-state index in [0.29, 0.717) is 18.5 Å². The predicted octanol–water partition coefficient (Wildman–Crippen LogP) is 3.47. The molecule has 5 heteroatoms. The van der Waals surface area contributed by atoms with Crippen molar-refractivity contribution in [2.24, 2.45) is 0 Å². The van der Waals surface area contributed by atoms with Crippen molar-refractivity contribution in [3.05, 3.63) is 48.4 Å². The molecule has 3 rings (SSSR count). The molecule has 0 amide bonds. The molecule has 0 aliphatic heterocycles. The molecule has 0 aliphatic carbocycles. The monoisotopic (exact) mass is 282 g/mol. The van der Waals surface area contributed by atoms with Gasteiger partial charge in [0.2, 0.25) is 5.89 Å². The Labute approximate surface area is 123 Å². The molecule has 0 atom stereocenters. The summed E-state index contributed by atoms with van der Waals surface area (Å²) in [7, 11) is 0. The van der Waals surface area contributed by atoms with Gasteiger partial charge in [0, 0.05) is 5.69 Å². The molecule has 5 nitrogen and oxygen atoms in total. The van der Waals surface area contributed by atoms with Crippen LogP contribution in [0.15, 0.2) is 46.9 Å². The first-order chi connectivity index (χ1) is 10.3. The zero-order valence-electron chi connectivity index (χ0n) is 12.0. The lowest BCUT2D eigenvalue weighted by molar-refractivity contribution is 0.479. The van der Waals surface area contributed by atoms with Crippen molar-refractivity contribution in [1.82, 2.24) is 15.5 Å². The number of benzene rings is 2. The molecule has 0 saturated carbocycles. The van der Waals surface area contributed by atoms with Gasteiger partial charge >= 0.3 is 6.01 Å². The van der Waals surface area contributed by atoms with E-state index in [2.05, 4.69) is 52.0 Å². The zero-order valence-corrected chi connectivity index (χ0v) is 12.0. The van der Waals surface area contributed by atoms with Crippen molar-refractivity contribution in [2.45, 2.75) is 19.9 Å². The number of nitrogens with zero attached hydrogens (tertiary/aromatic N) is 2. The van der Waals surface area contributed by atoms with E-state index in [1.54, 1.807) is 0 Å². The van der Waals surface area contributed by atoms with E-state index in [0.717, 1.165) is 18.7 Å². The van der Waals surface area contributed by atoms with Crippen LogP contribution < -0.4 is 10.6 Å². The Morgan fingerprint density at radius 1 is 1.05 bits per heavy atom. The van der Waals surface area contributed by atoms with Crippen LogP contribution in [0.4, 0.5) is 11.7 Å². The van der Waals surface area contributed by atoms with Crippen molar-refractivity contribution in [1.29, 1.82) is 0 Å². The fourth-order valence-corrected chi connectivity index (χ4v) is 2.14. The number of hydrogen-bond acceptors (Lipinski definition) is 5. The number of aromatic nitrogens is 2. The number of nitrogens with one attached hydrogen (secondary N) is 2. The van der Waals surface area contributed by atoms with Crippen LogP contribution in [0.1, 0.15) is 19.2 Å². The largest absolute Gasteiger partial charge is 0.406 e. The topological polar surface area (TPSA) is 63.0 Å². The molecule has 1 heterocycles. The minimum absolute atomic E-state index is 0.415. The normalized spacial score (nSPS) is 10.9. The number of anilines is 2. The molecule has 0 radical (unpaired) electrons. The number of rotatable bonds is 6. The van der Waals surface area contributed by atoms with E-state index < -0.39 is 0 Å². The Morgan fingerprint density at radius 3 is 2.76 bits per heavy atom. The summed E-state index contributed by atoms with van der Waals surface area (Å²) in [5.41, 5.74) is 0.936. The van der Waals surface area contributed by atoms with Gasteiger partial charge in [0.15, 0.2) is 0 Å². The third kappa shape index (κ3) is 3.38. The van der Waals surface area contributed by atoms with Crippen LogP contribution in [0.25, 0.3) is 10.8 Å². The average Bonchev–Trinajstić information content (AvgIpc) is 2.95. The molecule has 108 valence electrons. The summed E-state index contributed by atoms with van der Waals surface area (Å²) in [5.74, 6) is 0.590. The lowest BCUT2D eigenvalue weighted by atomic mass is 10.1. The molecule has 3 aromatic rings. The van der Waals surface area contributed by atoms with Gasteiger partial charge < -0.3 is 15.1 Å². The molecule has 0 fully saturated rings. The van der Waals surface area contributed by atoms with Crippen LogP contribution in [0, 0.1) is 0 Å². The van der Waals surface area contributed by atoms with E-state index in [4.69, 9.17) is 4.42 Å². The molecule has 2 aromatic carbocycles. The van der Waals surface area contributed by atoms with Crippen LogP contribution in [-0.2, 0) is 6.54 Å². The molecule has 1 aromatic heterocycles. The second-order valence-corrected chi connectivity index (χ2v) is 4.86. The van der Waals surface area contributed by atoms with Gasteiger partial charge in [0.05, 0.1) is 6.54 Å². The Morgan fingerprint density at radius 2 is 1.90 bits per heavy atom. The van der Waals surface area contributed by atoms with Gasteiger partial charge in [0.25, 0.3) is 0 Å². The van der Waals surface area contributed by atoms with Crippen molar-refractivity contribution < 1.29 is 4.42 Å². The summed E-state index contributed by atoms with van der Waals surface area (Å²) in [5, 5.41) is 16.8. The van der Waals surface area contributed by atoms with E-state index in [-0.39, 0.29) is 0 Å². The first kappa shape index (κ1) is 13.6. The fraction of sp³-hybridized carbons (Fsp3) is 0.250. The van der Waals surface area contributed by atoms with E-state index in [9.17, 15) is 0 Å². The zero-order chi connectivity index (χ0) is 14.5. The molecule has 0 saturated heterocycles. The lowest BCUT2D eigenvalue weighted by Gasteiger charge is -2.03. The second kappa shape index (κ2) is 6.37. The van der Waals surface area contributed by atoms with Crippen LogP contribution in [0.2, 0.25) is 0 Å². The molecule has 2 N–H and O–H groups in total. The Balaban J connectivity index is 1.70. The highest BCUT2D eigenvalue weighted by Crippen LogP contribution is 2.21. The predicted molar refractivity (Wildman–Crippen MR) is 83.5 cm³/mol. The van der Waals surface area contributed by atoms with Gasteiger partial charge in [-0.3, -0.25) is 0 Å². The highest BCUT2D eigenvalue weighted by Gasteiger charge is 2.06.